The SMILES string of the molecule is CN(/N=C/c1ccccc1)c1ccccc1.O=C(O)C(O)(c1ccccc1)c1ccccc1. The fourth-order valence-electron chi connectivity index (χ4n) is 3.18. The van der Waals surface area contributed by atoms with Gasteiger partial charge in [-0.1, -0.05) is 109 Å². The first kappa shape index (κ1) is 23.4. The van der Waals surface area contributed by atoms with Crippen LogP contribution >= 0.6 is 0 Å². The van der Waals surface area contributed by atoms with Gasteiger partial charge in [0.05, 0.1) is 11.9 Å². The average molecular weight is 439 g/mol. The molecule has 0 unspecified atom stereocenters. The van der Waals surface area contributed by atoms with Crippen LogP contribution in [0, 0.1) is 0 Å². The quantitative estimate of drug-likeness (QED) is 0.322. The van der Waals surface area contributed by atoms with Gasteiger partial charge in [-0.05, 0) is 28.8 Å². The molecule has 0 spiro atoms. The van der Waals surface area contributed by atoms with Crippen LogP contribution in [0.4, 0.5) is 5.69 Å². The Balaban J connectivity index is 0.000000186. The van der Waals surface area contributed by atoms with Crippen molar-refractivity contribution < 1.29 is 15.0 Å². The van der Waals surface area contributed by atoms with E-state index in [1.165, 1.54) is 0 Å². The van der Waals surface area contributed by atoms with E-state index in [0.717, 1.165) is 11.3 Å². The third-order valence-corrected chi connectivity index (χ3v) is 5.00. The molecule has 0 aromatic heterocycles. The number of nitrogens with zero attached hydrogens (tertiary/aromatic N) is 2. The van der Waals surface area contributed by atoms with Crippen LogP contribution < -0.4 is 5.01 Å². The van der Waals surface area contributed by atoms with E-state index in [9.17, 15) is 15.0 Å². The Hall–Kier alpha value is -4.22. The van der Waals surface area contributed by atoms with Crippen molar-refractivity contribution in [1.29, 1.82) is 0 Å². The molecule has 0 atom stereocenters. The lowest BCUT2D eigenvalue weighted by Gasteiger charge is -2.24. The van der Waals surface area contributed by atoms with E-state index >= 15 is 0 Å². The van der Waals surface area contributed by atoms with Gasteiger partial charge in [0.15, 0.2) is 0 Å². The summed E-state index contributed by atoms with van der Waals surface area (Å²) in [5.74, 6) is -1.28. The van der Waals surface area contributed by atoms with Crippen LogP contribution in [0.3, 0.4) is 0 Å². The summed E-state index contributed by atoms with van der Waals surface area (Å²) >= 11 is 0. The first-order valence-corrected chi connectivity index (χ1v) is 10.5. The third-order valence-electron chi connectivity index (χ3n) is 5.00. The van der Waals surface area contributed by atoms with Crippen LogP contribution in [0.1, 0.15) is 16.7 Å². The lowest BCUT2D eigenvalue weighted by atomic mass is 9.86. The highest BCUT2D eigenvalue weighted by atomic mass is 16.4. The van der Waals surface area contributed by atoms with Crippen LogP contribution in [0.5, 0.6) is 0 Å². The van der Waals surface area contributed by atoms with E-state index in [1.54, 1.807) is 60.7 Å². The number of anilines is 1. The van der Waals surface area contributed by atoms with E-state index in [0.29, 0.717) is 11.1 Å². The van der Waals surface area contributed by atoms with Crippen molar-refractivity contribution in [3.8, 4) is 0 Å². The lowest BCUT2D eigenvalue weighted by molar-refractivity contribution is -0.155. The summed E-state index contributed by atoms with van der Waals surface area (Å²) in [5, 5.41) is 25.9. The topological polar surface area (TPSA) is 73.1 Å². The average Bonchev–Trinajstić information content (AvgIpc) is 2.89. The number of hydrazone groups is 1. The third kappa shape index (κ3) is 6.15. The molecule has 166 valence electrons. The molecule has 0 saturated heterocycles. The molecule has 4 aromatic rings. The number of carboxylic acid groups (broad SMARTS) is 1. The summed E-state index contributed by atoms with van der Waals surface area (Å²) in [4.78, 5) is 11.4. The molecule has 4 aromatic carbocycles. The Bertz CT molecular complexity index is 1110. The Morgan fingerprint density at radius 2 is 1.12 bits per heavy atom. The summed E-state index contributed by atoms with van der Waals surface area (Å²) < 4.78 is 0. The zero-order chi connectivity index (χ0) is 23.5. The Morgan fingerprint density at radius 1 is 0.727 bits per heavy atom. The fourth-order valence-corrected chi connectivity index (χ4v) is 3.18. The summed E-state index contributed by atoms with van der Waals surface area (Å²) in [6.45, 7) is 0. The molecule has 4 rings (SSSR count). The Labute approximate surface area is 193 Å². The summed E-state index contributed by atoms with van der Waals surface area (Å²) in [6, 6.07) is 36.9. The molecule has 33 heavy (non-hydrogen) atoms. The highest BCUT2D eigenvalue weighted by Gasteiger charge is 2.39. The number of carbonyl (C=O) groups is 1. The highest BCUT2D eigenvalue weighted by Crippen LogP contribution is 2.29. The van der Waals surface area contributed by atoms with Gasteiger partial charge in [-0.15, -0.1) is 0 Å². The van der Waals surface area contributed by atoms with E-state index in [1.807, 2.05) is 78.9 Å². The standard InChI is InChI=1S/C14H14N2.C14H12O3/c1-16(14-10-6-3-7-11-14)15-12-13-8-4-2-5-9-13;15-13(16)14(17,11-7-3-1-4-8-11)12-9-5-2-6-10-12/h2-12H,1H3;1-10,17H,(H,15,16)/b15-12+;. The molecule has 0 heterocycles. The van der Waals surface area contributed by atoms with Crippen molar-refractivity contribution in [3.63, 3.8) is 0 Å². The zero-order valence-electron chi connectivity index (χ0n) is 18.3. The van der Waals surface area contributed by atoms with Crippen molar-refractivity contribution in [2.24, 2.45) is 5.10 Å². The number of rotatable bonds is 6. The van der Waals surface area contributed by atoms with Crippen molar-refractivity contribution >= 4 is 17.9 Å². The molecular formula is C28H26N2O3. The first-order valence-electron chi connectivity index (χ1n) is 10.5. The van der Waals surface area contributed by atoms with Gasteiger partial charge in [-0.3, -0.25) is 5.01 Å². The highest BCUT2D eigenvalue weighted by molar-refractivity contribution is 5.83. The smallest absolute Gasteiger partial charge is 0.345 e. The van der Waals surface area contributed by atoms with E-state index < -0.39 is 11.6 Å². The maximum Gasteiger partial charge on any atom is 0.345 e. The Kier molecular flexibility index (Phi) is 8.11. The minimum absolute atomic E-state index is 0.346. The molecule has 5 nitrogen and oxygen atoms in total. The van der Waals surface area contributed by atoms with Gasteiger partial charge in [-0.2, -0.15) is 5.10 Å². The maximum atomic E-state index is 11.4. The minimum atomic E-state index is -2.00. The van der Waals surface area contributed by atoms with Crippen molar-refractivity contribution in [2.75, 3.05) is 12.1 Å². The van der Waals surface area contributed by atoms with E-state index in [-0.39, 0.29) is 0 Å². The van der Waals surface area contributed by atoms with Crippen LogP contribution in [-0.4, -0.2) is 29.4 Å². The molecule has 0 amide bonds. The number of hydrogen-bond acceptors (Lipinski definition) is 4. The maximum absolute atomic E-state index is 11.4. The molecule has 5 heteroatoms. The van der Waals surface area contributed by atoms with E-state index in [2.05, 4.69) is 5.10 Å². The predicted molar refractivity (Wildman–Crippen MR) is 132 cm³/mol. The number of hydrogen-bond donors (Lipinski definition) is 2. The molecule has 0 aliphatic rings. The van der Waals surface area contributed by atoms with Crippen LogP contribution in [-0.2, 0) is 10.4 Å². The van der Waals surface area contributed by atoms with Crippen LogP contribution in [0.15, 0.2) is 126 Å². The first-order chi connectivity index (χ1) is 16.0. The Morgan fingerprint density at radius 3 is 1.55 bits per heavy atom. The lowest BCUT2D eigenvalue weighted by Crippen LogP contribution is -2.36. The van der Waals surface area contributed by atoms with Gasteiger partial charge in [0, 0.05) is 7.05 Å². The van der Waals surface area contributed by atoms with Gasteiger partial charge < -0.3 is 10.2 Å². The second-order valence-electron chi connectivity index (χ2n) is 7.26. The summed E-state index contributed by atoms with van der Waals surface area (Å²) in [5.41, 5.74) is 0.875. The number of benzene rings is 4. The summed E-state index contributed by atoms with van der Waals surface area (Å²) in [7, 11) is 1.94. The van der Waals surface area contributed by atoms with Gasteiger partial charge in [-0.25, -0.2) is 4.79 Å². The molecule has 0 bridgehead atoms. The molecule has 0 saturated carbocycles. The van der Waals surface area contributed by atoms with Crippen LogP contribution in [0.2, 0.25) is 0 Å². The number of carboxylic acids is 1. The van der Waals surface area contributed by atoms with Crippen LogP contribution in [0.25, 0.3) is 0 Å². The minimum Gasteiger partial charge on any atom is -0.479 e. The van der Waals surface area contributed by atoms with Crippen molar-refractivity contribution in [2.45, 2.75) is 5.60 Å². The van der Waals surface area contributed by atoms with Gasteiger partial charge in [0.2, 0.25) is 5.60 Å². The van der Waals surface area contributed by atoms with E-state index in [4.69, 9.17) is 0 Å². The number of aliphatic hydroxyl groups is 1. The summed E-state index contributed by atoms with van der Waals surface area (Å²) in [6.07, 6.45) is 1.85. The van der Waals surface area contributed by atoms with Gasteiger partial charge in [0.1, 0.15) is 0 Å². The molecular weight excluding hydrogens is 412 g/mol. The largest absolute Gasteiger partial charge is 0.479 e. The molecule has 0 aliphatic heterocycles. The number of para-hydroxylation sites is 1. The van der Waals surface area contributed by atoms with Crippen molar-refractivity contribution in [3.05, 3.63) is 138 Å². The second kappa shape index (κ2) is 11.4. The van der Waals surface area contributed by atoms with Gasteiger partial charge in [0.25, 0.3) is 0 Å². The second-order valence-corrected chi connectivity index (χ2v) is 7.26. The molecule has 2 N–H and O–H groups in total. The molecule has 0 fully saturated rings. The number of aliphatic carboxylic acids is 1. The monoisotopic (exact) mass is 438 g/mol. The normalized spacial score (nSPS) is 10.8. The van der Waals surface area contributed by atoms with Gasteiger partial charge >= 0.3 is 5.97 Å². The molecule has 0 radical (unpaired) electrons. The molecule has 0 aliphatic carbocycles. The predicted octanol–water partition coefficient (Wildman–Crippen LogP) is 5.16. The zero-order valence-corrected chi connectivity index (χ0v) is 18.3. The van der Waals surface area contributed by atoms with Crippen molar-refractivity contribution in [1.82, 2.24) is 0 Å². The fraction of sp³-hybridized carbons (Fsp3) is 0.0714.